The molecule has 0 aliphatic heterocycles. The molecule has 1 aromatic rings. The van der Waals surface area contributed by atoms with Crippen LogP contribution in [0.1, 0.15) is 40.2 Å². The van der Waals surface area contributed by atoms with Crippen LogP contribution in [0.2, 0.25) is 0 Å². The summed E-state index contributed by atoms with van der Waals surface area (Å²) in [6.07, 6.45) is 0. The molecular formula is C15H25NO. The van der Waals surface area contributed by atoms with Gasteiger partial charge in [-0.15, -0.1) is 0 Å². The lowest BCUT2D eigenvalue weighted by molar-refractivity contribution is 0.0739. The second-order valence-corrected chi connectivity index (χ2v) is 6.00. The third-order valence-corrected chi connectivity index (χ3v) is 3.44. The van der Waals surface area contributed by atoms with E-state index in [-0.39, 0.29) is 5.41 Å². The number of hydrogen-bond donors (Lipinski definition) is 2. The minimum Gasteiger partial charge on any atom is -0.389 e. The molecule has 0 radical (unpaired) electrons. The van der Waals surface area contributed by atoms with Crippen LogP contribution in [0.3, 0.4) is 0 Å². The van der Waals surface area contributed by atoms with Crippen LogP contribution in [0.15, 0.2) is 30.3 Å². The SMILES string of the molecule is CC(NCC(C)(C)O)C(C)(C)c1ccccc1. The molecule has 0 aromatic heterocycles. The smallest absolute Gasteiger partial charge is 0.0715 e. The lowest BCUT2D eigenvalue weighted by atomic mass is 9.78. The van der Waals surface area contributed by atoms with Gasteiger partial charge in [-0.3, -0.25) is 0 Å². The number of aliphatic hydroxyl groups is 1. The zero-order chi connectivity index (χ0) is 13.1. The highest BCUT2D eigenvalue weighted by atomic mass is 16.3. The lowest BCUT2D eigenvalue weighted by Crippen LogP contribution is -2.47. The summed E-state index contributed by atoms with van der Waals surface area (Å²) in [6, 6.07) is 10.8. The van der Waals surface area contributed by atoms with Crippen molar-refractivity contribution in [3.63, 3.8) is 0 Å². The van der Waals surface area contributed by atoms with Gasteiger partial charge in [-0.1, -0.05) is 44.2 Å². The summed E-state index contributed by atoms with van der Waals surface area (Å²) in [7, 11) is 0. The van der Waals surface area contributed by atoms with Gasteiger partial charge >= 0.3 is 0 Å². The van der Waals surface area contributed by atoms with E-state index < -0.39 is 5.60 Å². The van der Waals surface area contributed by atoms with Crippen LogP contribution < -0.4 is 5.32 Å². The largest absolute Gasteiger partial charge is 0.389 e. The Morgan fingerprint density at radius 3 is 2.12 bits per heavy atom. The molecule has 0 fully saturated rings. The van der Waals surface area contributed by atoms with Crippen molar-refractivity contribution in [1.29, 1.82) is 0 Å². The Hall–Kier alpha value is -0.860. The highest BCUT2D eigenvalue weighted by Crippen LogP contribution is 2.26. The maximum atomic E-state index is 9.74. The molecule has 0 saturated carbocycles. The molecule has 17 heavy (non-hydrogen) atoms. The van der Waals surface area contributed by atoms with Crippen LogP contribution in [-0.4, -0.2) is 23.3 Å². The molecule has 2 nitrogen and oxygen atoms in total. The molecule has 0 heterocycles. The number of hydrogen-bond acceptors (Lipinski definition) is 2. The van der Waals surface area contributed by atoms with E-state index in [1.165, 1.54) is 5.56 Å². The van der Waals surface area contributed by atoms with Crippen molar-refractivity contribution in [3.8, 4) is 0 Å². The molecule has 96 valence electrons. The van der Waals surface area contributed by atoms with E-state index in [0.29, 0.717) is 12.6 Å². The Labute approximate surface area is 105 Å². The fraction of sp³-hybridized carbons (Fsp3) is 0.600. The average Bonchev–Trinajstić information content (AvgIpc) is 2.26. The fourth-order valence-electron chi connectivity index (χ4n) is 1.78. The van der Waals surface area contributed by atoms with Crippen molar-refractivity contribution in [2.24, 2.45) is 0 Å². The normalized spacial score (nSPS) is 14.7. The zero-order valence-electron chi connectivity index (χ0n) is 11.6. The van der Waals surface area contributed by atoms with Gasteiger partial charge in [0.1, 0.15) is 0 Å². The number of benzene rings is 1. The highest BCUT2D eigenvalue weighted by molar-refractivity contribution is 5.25. The standard InChI is InChI=1S/C15H25NO/c1-12(16-11-14(2,3)17)15(4,5)13-9-7-6-8-10-13/h6-10,12,16-17H,11H2,1-5H3. The van der Waals surface area contributed by atoms with Crippen molar-refractivity contribution in [3.05, 3.63) is 35.9 Å². The van der Waals surface area contributed by atoms with E-state index in [1.54, 1.807) is 0 Å². The van der Waals surface area contributed by atoms with E-state index >= 15 is 0 Å². The van der Waals surface area contributed by atoms with Crippen LogP contribution >= 0.6 is 0 Å². The van der Waals surface area contributed by atoms with Gasteiger partial charge in [0.2, 0.25) is 0 Å². The van der Waals surface area contributed by atoms with Gasteiger partial charge in [0, 0.05) is 18.0 Å². The molecule has 0 bridgehead atoms. The first-order chi connectivity index (χ1) is 7.73. The van der Waals surface area contributed by atoms with Gasteiger partial charge in [-0.2, -0.15) is 0 Å². The quantitative estimate of drug-likeness (QED) is 0.822. The molecule has 1 rings (SSSR count). The van der Waals surface area contributed by atoms with E-state index in [9.17, 15) is 5.11 Å². The van der Waals surface area contributed by atoms with Gasteiger partial charge in [-0.05, 0) is 26.3 Å². The third kappa shape index (κ3) is 4.14. The molecule has 0 spiro atoms. The van der Waals surface area contributed by atoms with Crippen molar-refractivity contribution in [2.75, 3.05) is 6.54 Å². The van der Waals surface area contributed by atoms with E-state index in [2.05, 4.69) is 50.4 Å². The zero-order valence-corrected chi connectivity index (χ0v) is 11.6. The molecular weight excluding hydrogens is 210 g/mol. The van der Waals surface area contributed by atoms with Crippen molar-refractivity contribution < 1.29 is 5.11 Å². The lowest BCUT2D eigenvalue weighted by Gasteiger charge is -2.34. The summed E-state index contributed by atoms with van der Waals surface area (Å²) in [5, 5.41) is 13.2. The fourth-order valence-corrected chi connectivity index (χ4v) is 1.78. The van der Waals surface area contributed by atoms with Crippen molar-refractivity contribution in [2.45, 2.75) is 51.7 Å². The molecule has 0 amide bonds. The topological polar surface area (TPSA) is 32.3 Å². The van der Waals surface area contributed by atoms with Gasteiger partial charge in [0.25, 0.3) is 0 Å². The molecule has 0 saturated heterocycles. The summed E-state index contributed by atoms with van der Waals surface area (Å²) in [5.74, 6) is 0. The Morgan fingerprint density at radius 2 is 1.65 bits per heavy atom. The molecule has 1 unspecified atom stereocenters. The molecule has 2 N–H and O–H groups in total. The van der Waals surface area contributed by atoms with Crippen LogP contribution in [0.5, 0.6) is 0 Å². The van der Waals surface area contributed by atoms with Crippen LogP contribution in [0.25, 0.3) is 0 Å². The first kappa shape index (κ1) is 14.2. The van der Waals surface area contributed by atoms with Crippen molar-refractivity contribution >= 4 is 0 Å². The molecule has 0 aliphatic carbocycles. The van der Waals surface area contributed by atoms with Crippen LogP contribution in [0.4, 0.5) is 0 Å². The van der Waals surface area contributed by atoms with E-state index in [4.69, 9.17) is 0 Å². The van der Waals surface area contributed by atoms with E-state index in [1.807, 2.05) is 19.9 Å². The predicted octanol–water partition coefficient (Wildman–Crippen LogP) is 2.71. The Balaban J connectivity index is 2.71. The summed E-state index contributed by atoms with van der Waals surface area (Å²) >= 11 is 0. The van der Waals surface area contributed by atoms with Crippen LogP contribution in [0, 0.1) is 0 Å². The van der Waals surface area contributed by atoms with Gasteiger partial charge in [-0.25, -0.2) is 0 Å². The summed E-state index contributed by atoms with van der Waals surface area (Å²) < 4.78 is 0. The maximum Gasteiger partial charge on any atom is 0.0715 e. The van der Waals surface area contributed by atoms with Crippen molar-refractivity contribution in [1.82, 2.24) is 5.32 Å². The maximum absolute atomic E-state index is 9.74. The summed E-state index contributed by atoms with van der Waals surface area (Å²) in [5.41, 5.74) is 0.698. The van der Waals surface area contributed by atoms with Gasteiger partial charge < -0.3 is 10.4 Å². The van der Waals surface area contributed by atoms with Crippen LogP contribution in [-0.2, 0) is 5.41 Å². The summed E-state index contributed by atoms with van der Waals surface area (Å²) in [4.78, 5) is 0. The monoisotopic (exact) mass is 235 g/mol. The molecule has 1 atom stereocenters. The number of rotatable bonds is 5. The molecule has 1 aromatic carbocycles. The Morgan fingerprint density at radius 1 is 1.12 bits per heavy atom. The number of nitrogens with one attached hydrogen (secondary N) is 1. The Kier molecular flexibility index (Phi) is 4.34. The predicted molar refractivity (Wildman–Crippen MR) is 73.2 cm³/mol. The van der Waals surface area contributed by atoms with Gasteiger partial charge in [0.15, 0.2) is 0 Å². The third-order valence-electron chi connectivity index (χ3n) is 3.44. The second-order valence-electron chi connectivity index (χ2n) is 6.00. The summed E-state index contributed by atoms with van der Waals surface area (Å²) in [6.45, 7) is 10.9. The minimum absolute atomic E-state index is 0.0481. The average molecular weight is 235 g/mol. The molecule has 2 heteroatoms. The first-order valence-electron chi connectivity index (χ1n) is 6.25. The molecule has 0 aliphatic rings. The highest BCUT2D eigenvalue weighted by Gasteiger charge is 2.28. The Bertz CT molecular complexity index is 338. The second kappa shape index (κ2) is 5.19. The first-order valence-corrected chi connectivity index (χ1v) is 6.25. The minimum atomic E-state index is -0.666. The van der Waals surface area contributed by atoms with Gasteiger partial charge in [0.05, 0.1) is 5.60 Å². The van der Waals surface area contributed by atoms with E-state index in [0.717, 1.165) is 0 Å².